The van der Waals surface area contributed by atoms with Crippen LogP contribution in [0.1, 0.15) is 11.7 Å². The lowest BCUT2D eigenvalue weighted by Gasteiger charge is -2.25. The van der Waals surface area contributed by atoms with Gasteiger partial charge in [0.1, 0.15) is 16.8 Å². The van der Waals surface area contributed by atoms with E-state index >= 15 is 0 Å². The zero-order valence-corrected chi connectivity index (χ0v) is 10.6. The van der Waals surface area contributed by atoms with Crippen molar-refractivity contribution in [2.45, 2.75) is 11.0 Å². The molecule has 1 atom stereocenters. The smallest absolute Gasteiger partial charge is 0.178 e. The van der Waals surface area contributed by atoms with Crippen molar-refractivity contribution >= 4 is 9.84 Å². The third-order valence-electron chi connectivity index (χ3n) is 2.74. The SMILES string of the molecule is CS(=O)(=O)c1ccc(F)c(C2CNCCO2)c1F. The van der Waals surface area contributed by atoms with Crippen LogP contribution in [-0.2, 0) is 14.6 Å². The lowest BCUT2D eigenvalue weighted by Crippen LogP contribution is -2.34. The molecular formula is C11H13F2NO3S. The third-order valence-corrected chi connectivity index (χ3v) is 3.85. The van der Waals surface area contributed by atoms with Gasteiger partial charge in [0, 0.05) is 19.3 Å². The van der Waals surface area contributed by atoms with Gasteiger partial charge in [0.2, 0.25) is 0 Å². The molecule has 0 radical (unpaired) electrons. The van der Waals surface area contributed by atoms with Gasteiger partial charge >= 0.3 is 0 Å². The minimum atomic E-state index is -3.73. The Hall–Kier alpha value is -1.05. The number of hydrogen-bond donors (Lipinski definition) is 1. The Balaban J connectivity index is 2.52. The molecule has 1 aliphatic rings. The van der Waals surface area contributed by atoms with Crippen LogP contribution in [-0.4, -0.2) is 34.4 Å². The topological polar surface area (TPSA) is 55.4 Å². The highest BCUT2D eigenvalue weighted by atomic mass is 32.2. The number of halogens is 2. The molecule has 1 aliphatic heterocycles. The van der Waals surface area contributed by atoms with Crippen LogP contribution in [0.25, 0.3) is 0 Å². The van der Waals surface area contributed by atoms with E-state index in [1.54, 1.807) is 0 Å². The van der Waals surface area contributed by atoms with Crippen LogP contribution in [0.4, 0.5) is 8.78 Å². The summed E-state index contributed by atoms with van der Waals surface area (Å²) >= 11 is 0. The van der Waals surface area contributed by atoms with Gasteiger partial charge in [-0.2, -0.15) is 0 Å². The maximum atomic E-state index is 14.1. The molecule has 18 heavy (non-hydrogen) atoms. The quantitative estimate of drug-likeness (QED) is 0.820. The van der Waals surface area contributed by atoms with Crippen molar-refractivity contribution < 1.29 is 21.9 Å². The largest absolute Gasteiger partial charge is 0.371 e. The first-order chi connectivity index (χ1) is 8.41. The van der Waals surface area contributed by atoms with Crippen LogP contribution < -0.4 is 5.32 Å². The van der Waals surface area contributed by atoms with Gasteiger partial charge in [-0.1, -0.05) is 0 Å². The highest BCUT2D eigenvalue weighted by molar-refractivity contribution is 7.90. The summed E-state index contributed by atoms with van der Waals surface area (Å²) in [5, 5.41) is 2.94. The zero-order chi connectivity index (χ0) is 13.3. The van der Waals surface area contributed by atoms with E-state index in [4.69, 9.17) is 4.74 Å². The van der Waals surface area contributed by atoms with E-state index in [1.807, 2.05) is 0 Å². The highest BCUT2D eigenvalue weighted by Crippen LogP contribution is 2.28. The molecule has 4 nitrogen and oxygen atoms in total. The predicted octanol–water partition coefficient (Wildman–Crippen LogP) is 1.03. The summed E-state index contributed by atoms with van der Waals surface area (Å²) in [6, 6.07) is 1.88. The van der Waals surface area contributed by atoms with Gasteiger partial charge in [-0.25, -0.2) is 17.2 Å². The molecule has 1 unspecified atom stereocenters. The zero-order valence-electron chi connectivity index (χ0n) is 9.74. The Morgan fingerprint density at radius 3 is 2.67 bits per heavy atom. The molecule has 1 fully saturated rings. The second kappa shape index (κ2) is 4.91. The van der Waals surface area contributed by atoms with Gasteiger partial charge in [0.25, 0.3) is 0 Å². The summed E-state index contributed by atoms with van der Waals surface area (Å²) in [7, 11) is -3.73. The van der Waals surface area contributed by atoms with Gasteiger partial charge in [-0.3, -0.25) is 0 Å². The molecule has 1 saturated heterocycles. The van der Waals surface area contributed by atoms with Gasteiger partial charge < -0.3 is 10.1 Å². The summed E-state index contributed by atoms with van der Waals surface area (Å²) < 4.78 is 55.8. The van der Waals surface area contributed by atoms with Crippen molar-refractivity contribution in [3.8, 4) is 0 Å². The van der Waals surface area contributed by atoms with Gasteiger partial charge in [0.05, 0.1) is 12.2 Å². The summed E-state index contributed by atoms with van der Waals surface area (Å²) in [6.45, 7) is 1.18. The molecule has 0 saturated carbocycles. The molecule has 0 aromatic heterocycles. The van der Waals surface area contributed by atoms with Crippen molar-refractivity contribution in [1.82, 2.24) is 5.32 Å². The van der Waals surface area contributed by atoms with Crippen LogP contribution in [0, 0.1) is 11.6 Å². The molecule has 1 aromatic carbocycles. The first-order valence-corrected chi connectivity index (χ1v) is 7.30. The number of benzene rings is 1. The van der Waals surface area contributed by atoms with E-state index in [2.05, 4.69) is 5.32 Å². The van der Waals surface area contributed by atoms with Crippen LogP contribution >= 0.6 is 0 Å². The Morgan fingerprint density at radius 1 is 1.39 bits per heavy atom. The number of sulfone groups is 1. The van der Waals surface area contributed by atoms with E-state index in [0.29, 0.717) is 13.2 Å². The molecule has 2 rings (SSSR count). The van der Waals surface area contributed by atoms with E-state index in [1.165, 1.54) is 0 Å². The van der Waals surface area contributed by atoms with E-state index < -0.39 is 32.5 Å². The average Bonchev–Trinajstić information content (AvgIpc) is 2.28. The first kappa shape index (κ1) is 13.4. The molecule has 0 aliphatic carbocycles. The van der Waals surface area contributed by atoms with Crippen molar-refractivity contribution in [3.63, 3.8) is 0 Å². The molecule has 1 aromatic rings. The molecule has 1 heterocycles. The van der Waals surface area contributed by atoms with Crippen molar-refractivity contribution in [1.29, 1.82) is 0 Å². The van der Waals surface area contributed by atoms with E-state index in [9.17, 15) is 17.2 Å². The number of rotatable bonds is 2. The van der Waals surface area contributed by atoms with Crippen LogP contribution in [0.2, 0.25) is 0 Å². The molecule has 1 N–H and O–H groups in total. The standard InChI is InChI=1S/C11H13F2NO3S/c1-18(15,16)9-3-2-7(12)10(11(9)13)8-6-14-4-5-17-8/h2-3,8,14H,4-6H2,1H3. The van der Waals surface area contributed by atoms with Crippen molar-refractivity contribution in [2.24, 2.45) is 0 Å². The second-order valence-electron chi connectivity index (χ2n) is 4.11. The van der Waals surface area contributed by atoms with Crippen LogP contribution in [0.5, 0.6) is 0 Å². The van der Waals surface area contributed by atoms with Gasteiger partial charge in [0.15, 0.2) is 15.7 Å². The van der Waals surface area contributed by atoms with Crippen molar-refractivity contribution in [3.05, 3.63) is 29.3 Å². The van der Waals surface area contributed by atoms with E-state index in [-0.39, 0.29) is 12.1 Å². The Labute approximate surface area is 104 Å². The van der Waals surface area contributed by atoms with Gasteiger partial charge in [-0.05, 0) is 12.1 Å². The first-order valence-electron chi connectivity index (χ1n) is 5.41. The number of ether oxygens (including phenoxy) is 1. The minimum absolute atomic E-state index is 0.251. The Kier molecular flexibility index (Phi) is 3.65. The maximum absolute atomic E-state index is 14.1. The molecular weight excluding hydrogens is 264 g/mol. The molecule has 0 amide bonds. The van der Waals surface area contributed by atoms with Crippen molar-refractivity contribution in [2.75, 3.05) is 26.0 Å². The normalized spacial score (nSPS) is 20.9. The fraction of sp³-hybridized carbons (Fsp3) is 0.455. The van der Waals surface area contributed by atoms with Crippen LogP contribution in [0.15, 0.2) is 17.0 Å². The monoisotopic (exact) mass is 277 g/mol. The summed E-state index contributed by atoms with van der Waals surface area (Å²) in [5.74, 6) is -1.86. The fourth-order valence-corrected chi connectivity index (χ4v) is 2.63. The Bertz CT molecular complexity index is 554. The summed E-state index contributed by atoms with van der Waals surface area (Å²) in [5.41, 5.74) is -0.329. The molecule has 0 bridgehead atoms. The number of nitrogens with one attached hydrogen (secondary N) is 1. The molecule has 100 valence electrons. The van der Waals surface area contributed by atoms with E-state index in [0.717, 1.165) is 18.4 Å². The average molecular weight is 277 g/mol. The predicted molar refractivity (Wildman–Crippen MR) is 61.0 cm³/mol. The summed E-state index contributed by atoms with van der Waals surface area (Å²) in [4.78, 5) is -0.506. The summed E-state index contributed by atoms with van der Waals surface area (Å²) in [6.07, 6.45) is 0.0769. The lowest BCUT2D eigenvalue weighted by molar-refractivity contribution is 0.0229. The molecule has 7 heteroatoms. The highest BCUT2D eigenvalue weighted by Gasteiger charge is 2.27. The van der Waals surface area contributed by atoms with Crippen LogP contribution in [0.3, 0.4) is 0 Å². The minimum Gasteiger partial charge on any atom is -0.371 e. The lowest BCUT2D eigenvalue weighted by atomic mass is 10.1. The number of hydrogen-bond acceptors (Lipinski definition) is 4. The second-order valence-corrected chi connectivity index (χ2v) is 6.09. The fourth-order valence-electron chi connectivity index (χ4n) is 1.88. The third kappa shape index (κ3) is 2.52. The Morgan fingerprint density at radius 2 is 2.11 bits per heavy atom. The number of morpholine rings is 1. The van der Waals surface area contributed by atoms with Gasteiger partial charge in [-0.15, -0.1) is 0 Å². The molecule has 0 spiro atoms. The maximum Gasteiger partial charge on any atom is 0.178 e.